The SMILES string of the molecule is CCCCCCCCCCCCCCCC(=O)OC[C@H](COP(=O)(O)OCCN)OC(=O)CCC/C=C\C/C=C\C/C=C\C/C=C\CC(O)CCC. The van der Waals surface area contributed by atoms with Crippen molar-refractivity contribution in [3.63, 3.8) is 0 Å². The van der Waals surface area contributed by atoms with Crippen LogP contribution in [0.15, 0.2) is 48.6 Å². The quantitative estimate of drug-likeness (QED) is 0.0241. The summed E-state index contributed by atoms with van der Waals surface area (Å²) in [6.45, 7) is 3.44. The Hall–Kier alpha value is -2.07. The Kier molecular flexibility index (Phi) is 35.8. The van der Waals surface area contributed by atoms with E-state index in [0.717, 1.165) is 51.4 Å². The average Bonchev–Trinajstić information content (AvgIpc) is 3.12. The predicted octanol–water partition coefficient (Wildman–Crippen LogP) is 10.1. The molecule has 302 valence electrons. The van der Waals surface area contributed by atoms with E-state index in [1.54, 1.807) is 0 Å². The number of ether oxygens (including phenoxy) is 2. The minimum absolute atomic E-state index is 0.0378. The Labute approximate surface area is 316 Å². The second-order valence-electron chi connectivity index (χ2n) is 13.3. The number of rotatable bonds is 37. The van der Waals surface area contributed by atoms with Gasteiger partial charge in [-0.15, -0.1) is 0 Å². The smallest absolute Gasteiger partial charge is 0.462 e. The molecule has 0 amide bonds. The van der Waals surface area contributed by atoms with Gasteiger partial charge < -0.3 is 25.2 Å². The van der Waals surface area contributed by atoms with Gasteiger partial charge in [-0.2, -0.15) is 0 Å². The van der Waals surface area contributed by atoms with Crippen LogP contribution in [0.1, 0.15) is 162 Å². The number of allylic oxidation sites excluding steroid dienone is 7. The van der Waals surface area contributed by atoms with Crippen LogP contribution in [0.3, 0.4) is 0 Å². The van der Waals surface area contributed by atoms with E-state index in [4.69, 9.17) is 24.3 Å². The fourth-order valence-electron chi connectivity index (χ4n) is 5.29. The Morgan fingerprint density at radius 2 is 1.17 bits per heavy atom. The van der Waals surface area contributed by atoms with Gasteiger partial charge in [0.1, 0.15) is 6.61 Å². The highest BCUT2D eigenvalue weighted by Crippen LogP contribution is 2.43. The number of carbonyl (C=O) groups excluding carboxylic acids is 2. The predicted molar refractivity (Wildman–Crippen MR) is 212 cm³/mol. The van der Waals surface area contributed by atoms with Gasteiger partial charge in [-0.25, -0.2) is 4.57 Å². The lowest BCUT2D eigenvalue weighted by atomic mass is 10.0. The molecule has 0 aliphatic carbocycles. The zero-order chi connectivity index (χ0) is 38.4. The van der Waals surface area contributed by atoms with E-state index in [1.807, 2.05) is 18.2 Å². The van der Waals surface area contributed by atoms with Gasteiger partial charge in [-0.3, -0.25) is 18.6 Å². The van der Waals surface area contributed by atoms with Crippen molar-refractivity contribution in [2.75, 3.05) is 26.4 Å². The third kappa shape index (κ3) is 36.3. The fourth-order valence-corrected chi connectivity index (χ4v) is 6.05. The van der Waals surface area contributed by atoms with Crippen molar-refractivity contribution in [3.8, 4) is 0 Å². The lowest BCUT2D eigenvalue weighted by Gasteiger charge is -2.19. The molecule has 0 spiro atoms. The summed E-state index contributed by atoms with van der Waals surface area (Å²) in [5.41, 5.74) is 5.33. The highest BCUT2D eigenvalue weighted by atomic mass is 31.2. The Balaban J connectivity index is 4.32. The molecule has 0 saturated carbocycles. The molecule has 11 heteroatoms. The number of aliphatic hydroxyl groups is 1. The van der Waals surface area contributed by atoms with Crippen LogP contribution in [-0.2, 0) is 32.7 Å². The molecule has 0 aliphatic rings. The van der Waals surface area contributed by atoms with Crippen molar-refractivity contribution in [1.29, 1.82) is 0 Å². The van der Waals surface area contributed by atoms with E-state index in [1.165, 1.54) is 64.2 Å². The third-order valence-electron chi connectivity index (χ3n) is 8.27. The normalized spacial score (nSPS) is 14.5. The number of hydrogen-bond acceptors (Lipinski definition) is 9. The summed E-state index contributed by atoms with van der Waals surface area (Å²) in [5, 5.41) is 9.71. The van der Waals surface area contributed by atoms with E-state index in [-0.39, 0.29) is 38.7 Å². The monoisotopic (exact) mass is 756 g/mol. The summed E-state index contributed by atoms with van der Waals surface area (Å²) in [5.74, 6) is -0.915. The van der Waals surface area contributed by atoms with Gasteiger partial charge >= 0.3 is 19.8 Å². The van der Waals surface area contributed by atoms with Crippen molar-refractivity contribution < 1.29 is 42.7 Å². The Morgan fingerprint density at radius 1 is 0.654 bits per heavy atom. The molecule has 0 aromatic rings. The first-order valence-electron chi connectivity index (χ1n) is 20.2. The molecule has 0 aromatic carbocycles. The van der Waals surface area contributed by atoms with Crippen molar-refractivity contribution in [1.82, 2.24) is 0 Å². The topological polar surface area (TPSA) is 155 Å². The van der Waals surface area contributed by atoms with Crippen molar-refractivity contribution in [2.24, 2.45) is 5.73 Å². The van der Waals surface area contributed by atoms with Gasteiger partial charge in [-0.05, 0) is 51.4 Å². The molecule has 4 N–H and O–H groups in total. The van der Waals surface area contributed by atoms with E-state index >= 15 is 0 Å². The van der Waals surface area contributed by atoms with Gasteiger partial charge in [0.2, 0.25) is 0 Å². The van der Waals surface area contributed by atoms with Gasteiger partial charge in [0.25, 0.3) is 0 Å². The number of esters is 2. The van der Waals surface area contributed by atoms with E-state index in [2.05, 4.69) is 44.2 Å². The van der Waals surface area contributed by atoms with E-state index < -0.39 is 32.5 Å². The highest BCUT2D eigenvalue weighted by Gasteiger charge is 2.25. The number of nitrogens with two attached hydrogens (primary N) is 1. The van der Waals surface area contributed by atoms with Crippen LogP contribution in [-0.4, -0.2) is 60.5 Å². The molecule has 0 heterocycles. The summed E-state index contributed by atoms with van der Waals surface area (Å²) in [6, 6.07) is 0. The van der Waals surface area contributed by atoms with Crippen LogP contribution in [0, 0.1) is 0 Å². The number of phosphoric acid groups is 1. The summed E-state index contributed by atoms with van der Waals surface area (Å²) in [4.78, 5) is 34.7. The lowest BCUT2D eigenvalue weighted by Crippen LogP contribution is -2.29. The van der Waals surface area contributed by atoms with Crippen LogP contribution in [0.5, 0.6) is 0 Å². The minimum atomic E-state index is -4.40. The van der Waals surface area contributed by atoms with Crippen LogP contribution in [0.4, 0.5) is 0 Å². The molecule has 0 aromatic heterocycles. The third-order valence-corrected chi connectivity index (χ3v) is 9.26. The standard InChI is InChI=1S/C41H74NO9P/c1-3-5-6-7-8-9-10-12-16-19-22-25-28-32-40(44)48-36-39(37-50-52(46,47)49-35-34-42)51-41(45)33-29-26-23-20-17-14-11-13-15-18-21-24-27-31-38(43)30-4-2/h11,14-15,18,20,23-24,27,38-39,43H,3-10,12-13,16-17,19,21-22,25-26,28-37,42H2,1-2H3,(H,46,47)/b14-11-,18-15-,23-20-,27-24-/t38?,39-/m1/s1. The maximum absolute atomic E-state index is 12.5. The Bertz CT molecular complexity index is 1010. The fraction of sp³-hybridized carbons (Fsp3) is 0.756. The van der Waals surface area contributed by atoms with Crippen LogP contribution in [0.2, 0.25) is 0 Å². The summed E-state index contributed by atoms with van der Waals surface area (Å²) in [6.07, 6.45) is 37.8. The summed E-state index contributed by atoms with van der Waals surface area (Å²) in [7, 11) is -4.40. The highest BCUT2D eigenvalue weighted by molar-refractivity contribution is 7.47. The van der Waals surface area contributed by atoms with Crippen LogP contribution >= 0.6 is 7.82 Å². The first-order valence-corrected chi connectivity index (χ1v) is 21.7. The van der Waals surface area contributed by atoms with Gasteiger partial charge in [0.05, 0.1) is 19.3 Å². The van der Waals surface area contributed by atoms with Gasteiger partial charge in [-0.1, -0.05) is 146 Å². The summed E-state index contributed by atoms with van der Waals surface area (Å²) >= 11 is 0. The number of carbonyl (C=O) groups is 2. The molecule has 3 atom stereocenters. The zero-order valence-corrected chi connectivity index (χ0v) is 33.5. The maximum Gasteiger partial charge on any atom is 0.472 e. The average molecular weight is 756 g/mol. The molecule has 52 heavy (non-hydrogen) atoms. The Morgan fingerprint density at radius 3 is 1.73 bits per heavy atom. The van der Waals surface area contributed by atoms with Gasteiger partial charge in [0, 0.05) is 19.4 Å². The number of aliphatic hydroxyl groups excluding tert-OH is 1. The minimum Gasteiger partial charge on any atom is -0.462 e. The second-order valence-corrected chi connectivity index (χ2v) is 14.8. The molecule has 0 fully saturated rings. The largest absolute Gasteiger partial charge is 0.472 e. The molecule has 0 aliphatic heterocycles. The number of phosphoric ester groups is 1. The lowest BCUT2D eigenvalue weighted by molar-refractivity contribution is -0.161. The van der Waals surface area contributed by atoms with E-state index in [0.29, 0.717) is 19.3 Å². The van der Waals surface area contributed by atoms with E-state index in [9.17, 15) is 24.2 Å². The molecular weight excluding hydrogens is 681 g/mol. The maximum atomic E-state index is 12.5. The van der Waals surface area contributed by atoms with Crippen molar-refractivity contribution >= 4 is 19.8 Å². The van der Waals surface area contributed by atoms with Gasteiger partial charge in [0.15, 0.2) is 6.10 Å². The van der Waals surface area contributed by atoms with Crippen molar-refractivity contribution in [2.45, 2.75) is 174 Å². The zero-order valence-electron chi connectivity index (χ0n) is 32.6. The van der Waals surface area contributed by atoms with Crippen LogP contribution < -0.4 is 5.73 Å². The first kappa shape index (κ1) is 49.9. The molecular formula is C41H74NO9P. The number of unbranched alkanes of at least 4 members (excludes halogenated alkanes) is 13. The molecule has 0 bridgehead atoms. The molecule has 0 saturated heterocycles. The summed E-state index contributed by atoms with van der Waals surface area (Å²) < 4.78 is 32.6. The molecule has 10 nitrogen and oxygen atoms in total. The molecule has 2 unspecified atom stereocenters. The molecule has 0 radical (unpaired) electrons. The number of hydrogen-bond donors (Lipinski definition) is 3. The second kappa shape index (κ2) is 37.3. The van der Waals surface area contributed by atoms with Crippen molar-refractivity contribution in [3.05, 3.63) is 48.6 Å². The van der Waals surface area contributed by atoms with Crippen LogP contribution in [0.25, 0.3) is 0 Å². The first-order chi connectivity index (χ1) is 25.2. The molecule has 0 rings (SSSR count).